The number of benzene rings is 1. The van der Waals surface area contributed by atoms with Crippen LogP contribution < -0.4 is 15.8 Å². The van der Waals surface area contributed by atoms with Crippen molar-refractivity contribution >= 4 is 17.2 Å². The molecule has 3 unspecified atom stereocenters. The highest BCUT2D eigenvalue weighted by Gasteiger charge is 2.36. The van der Waals surface area contributed by atoms with Gasteiger partial charge < -0.3 is 25.3 Å². The number of aromatic nitrogens is 1. The first-order valence-corrected chi connectivity index (χ1v) is 11.8. The van der Waals surface area contributed by atoms with E-state index in [4.69, 9.17) is 19.9 Å². The molecule has 1 aromatic heterocycles. The molecule has 9 nitrogen and oxygen atoms in total. The van der Waals surface area contributed by atoms with E-state index < -0.39 is 10.7 Å². The number of aryl methyl sites for hydroxylation is 1. The zero-order valence-corrected chi connectivity index (χ0v) is 20.3. The van der Waals surface area contributed by atoms with E-state index in [0.29, 0.717) is 18.8 Å². The van der Waals surface area contributed by atoms with E-state index in [1.807, 2.05) is 45.0 Å². The molecule has 1 saturated heterocycles. The summed E-state index contributed by atoms with van der Waals surface area (Å²) in [5, 5.41) is 15.4. The Bertz CT molecular complexity index is 1040. The van der Waals surface area contributed by atoms with Gasteiger partial charge in [0.2, 0.25) is 5.82 Å². The molecule has 2 aromatic rings. The first-order valence-electron chi connectivity index (χ1n) is 11.8. The zero-order valence-electron chi connectivity index (χ0n) is 20.3. The van der Waals surface area contributed by atoms with Gasteiger partial charge in [-0.1, -0.05) is 12.1 Å². The lowest BCUT2D eigenvalue weighted by atomic mass is 9.80. The van der Waals surface area contributed by atoms with Gasteiger partial charge in [0.1, 0.15) is 11.4 Å². The Balaban J connectivity index is 1.65. The van der Waals surface area contributed by atoms with E-state index in [9.17, 15) is 10.1 Å². The van der Waals surface area contributed by atoms with Crippen LogP contribution in [0.4, 0.5) is 17.2 Å². The number of hydrogen-bond donors (Lipinski definition) is 2. The van der Waals surface area contributed by atoms with E-state index in [-0.39, 0.29) is 29.4 Å². The van der Waals surface area contributed by atoms with E-state index >= 15 is 0 Å². The Morgan fingerprint density at radius 3 is 2.71 bits per heavy atom. The first-order chi connectivity index (χ1) is 16.2. The number of nitrogens with two attached hydrogens (primary N) is 1. The average Bonchev–Trinajstić information content (AvgIpc) is 2.78. The van der Waals surface area contributed by atoms with E-state index in [0.717, 1.165) is 48.3 Å². The number of fused-ring (bicyclic) bond motifs is 1. The number of ether oxygens (including phenoxy) is 3. The van der Waals surface area contributed by atoms with Crippen LogP contribution >= 0.6 is 0 Å². The monoisotopic (exact) mass is 470 g/mol. The lowest BCUT2D eigenvalue weighted by molar-refractivity contribution is -0.383. The van der Waals surface area contributed by atoms with Crippen LogP contribution in [0.25, 0.3) is 0 Å². The van der Waals surface area contributed by atoms with E-state index in [1.54, 1.807) is 7.11 Å². The molecule has 9 heteroatoms. The smallest absolute Gasteiger partial charge is 0.334 e. The predicted octanol–water partition coefficient (Wildman–Crippen LogP) is 4.44. The summed E-state index contributed by atoms with van der Waals surface area (Å²) in [6.07, 6.45) is 3.35. The van der Waals surface area contributed by atoms with Gasteiger partial charge in [-0.15, -0.1) is 0 Å². The second kappa shape index (κ2) is 9.76. The fourth-order valence-corrected chi connectivity index (χ4v) is 5.04. The van der Waals surface area contributed by atoms with Crippen molar-refractivity contribution in [2.24, 2.45) is 5.92 Å². The van der Waals surface area contributed by atoms with Crippen LogP contribution in [0.2, 0.25) is 0 Å². The SMILES string of the molecule is COc1ccc(CC2CCCc3nc(N)c([N+](=O)[O-])c(NCC4COC(C)(C)OC4C)c32)cc1. The number of nitrogens with zero attached hydrogens (tertiary/aromatic N) is 2. The molecule has 1 aliphatic heterocycles. The van der Waals surface area contributed by atoms with Gasteiger partial charge in [-0.05, 0) is 70.1 Å². The predicted molar refractivity (Wildman–Crippen MR) is 130 cm³/mol. The standard InChI is InChI=1S/C25H34N4O5/c1-15-18(14-33-25(2,3)34-15)13-27-22-21-17(12-16-8-10-19(32-4)11-9-16)6-5-7-20(21)28-24(26)23(22)29(30)31/h8-11,15,17-18H,5-7,12-14H2,1-4H3,(H3,26,27,28). The summed E-state index contributed by atoms with van der Waals surface area (Å²) in [7, 11) is 1.64. The summed E-state index contributed by atoms with van der Waals surface area (Å²) in [4.78, 5) is 16.1. The normalized spacial score (nSPS) is 23.7. The van der Waals surface area contributed by atoms with Crippen molar-refractivity contribution in [1.29, 1.82) is 0 Å². The Labute approximate surface area is 200 Å². The maximum absolute atomic E-state index is 12.0. The molecule has 1 fully saturated rings. The number of nitrogens with one attached hydrogen (secondary N) is 1. The van der Waals surface area contributed by atoms with Crippen LogP contribution in [-0.4, -0.2) is 42.1 Å². The van der Waals surface area contributed by atoms with Gasteiger partial charge in [-0.25, -0.2) is 4.98 Å². The van der Waals surface area contributed by atoms with Crippen LogP contribution in [0, 0.1) is 16.0 Å². The number of nitrogen functional groups attached to an aromatic ring is 1. The second-order valence-corrected chi connectivity index (χ2v) is 9.65. The molecule has 0 spiro atoms. The largest absolute Gasteiger partial charge is 0.497 e. The third kappa shape index (κ3) is 5.10. The van der Waals surface area contributed by atoms with Crippen molar-refractivity contribution in [3.8, 4) is 5.75 Å². The van der Waals surface area contributed by atoms with Gasteiger partial charge in [0.25, 0.3) is 0 Å². The van der Waals surface area contributed by atoms with Crippen molar-refractivity contribution in [2.45, 2.75) is 64.3 Å². The third-order valence-electron chi connectivity index (χ3n) is 6.83. The molecular weight excluding hydrogens is 436 g/mol. The first kappa shape index (κ1) is 24.2. The van der Waals surface area contributed by atoms with Crippen LogP contribution in [0.15, 0.2) is 24.3 Å². The molecule has 2 heterocycles. The number of hydrogen-bond acceptors (Lipinski definition) is 8. The molecule has 1 aromatic carbocycles. The van der Waals surface area contributed by atoms with Crippen molar-refractivity contribution in [2.75, 3.05) is 31.3 Å². The van der Waals surface area contributed by atoms with Crippen molar-refractivity contribution < 1.29 is 19.1 Å². The van der Waals surface area contributed by atoms with Gasteiger partial charge in [0, 0.05) is 23.7 Å². The van der Waals surface area contributed by atoms with Crippen LogP contribution in [0.1, 0.15) is 56.4 Å². The van der Waals surface area contributed by atoms with Crippen molar-refractivity contribution in [3.05, 3.63) is 51.2 Å². The summed E-state index contributed by atoms with van der Waals surface area (Å²) < 4.78 is 17.1. The molecule has 0 amide bonds. The maximum atomic E-state index is 12.0. The summed E-state index contributed by atoms with van der Waals surface area (Å²) in [6, 6.07) is 7.96. The summed E-state index contributed by atoms with van der Waals surface area (Å²) in [5.74, 6) is 0.269. The van der Waals surface area contributed by atoms with Gasteiger partial charge in [0.05, 0.1) is 24.7 Å². The molecule has 3 N–H and O–H groups in total. The minimum absolute atomic E-state index is 0.0401. The maximum Gasteiger partial charge on any atom is 0.334 e. The Morgan fingerprint density at radius 1 is 1.32 bits per heavy atom. The molecule has 3 atom stereocenters. The van der Waals surface area contributed by atoms with E-state index in [1.165, 1.54) is 0 Å². The summed E-state index contributed by atoms with van der Waals surface area (Å²) in [6.45, 7) is 6.77. The molecule has 1 aliphatic carbocycles. The molecule has 0 bridgehead atoms. The Hall–Kier alpha value is -2.91. The second-order valence-electron chi connectivity index (χ2n) is 9.65. The van der Waals surface area contributed by atoms with E-state index in [2.05, 4.69) is 10.3 Å². The third-order valence-corrected chi connectivity index (χ3v) is 6.83. The summed E-state index contributed by atoms with van der Waals surface area (Å²) in [5.41, 5.74) is 9.34. The fraction of sp³-hybridized carbons (Fsp3) is 0.560. The molecular formula is C25H34N4O5. The Kier molecular flexibility index (Phi) is 6.95. The van der Waals surface area contributed by atoms with Crippen LogP contribution in [0.3, 0.4) is 0 Å². The number of anilines is 2. The number of rotatable bonds is 7. The van der Waals surface area contributed by atoms with Gasteiger partial charge >= 0.3 is 5.69 Å². The molecule has 184 valence electrons. The van der Waals surface area contributed by atoms with Gasteiger partial charge in [-0.2, -0.15) is 0 Å². The lowest BCUT2D eigenvalue weighted by Gasteiger charge is -2.40. The van der Waals surface area contributed by atoms with Gasteiger partial charge in [0.15, 0.2) is 5.79 Å². The van der Waals surface area contributed by atoms with Crippen LogP contribution in [-0.2, 0) is 22.3 Å². The zero-order chi connectivity index (χ0) is 24.5. The summed E-state index contributed by atoms with van der Waals surface area (Å²) >= 11 is 0. The number of methoxy groups -OCH3 is 1. The van der Waals surface area contributed by atoms with Crippen molar-refractivity contribution in [3.63, 3.8) is 0 Å². The fourth-order valence-electron chi connectivity index (χ4n) is 5.04. The molecule has 2 aliphatic rings. The molecule has 34 heavy (non-hydrogen) atoms. The van der Waals surface area contributed by atoms with Crippen LogP contribution in [0.5, 0.6) is 5.75 Å². The molecule has 0 radical (unpaired) electrons. The van der Waals surface area contributed by atoms with Gasteiger partial charge in [-0.3, -0.25) is 10.1 Å². The average molecular weight is 471 g/mol. The number of pyridine rings is 1. The Morgan fingerprint density at radius 2 is 2.06 bits per heavy atom. The molecule has 0 saturated carbocycles. The number of nitro groups is 1. The highest BCUT2D eigenvalue weighted by atomic mass is 16.7. The molecule has 4 rings (SSSR count). The quantitative estimate of drug-likeness (QED) is 0.450. The highest BCUT2D eigenvalue weighted by molar-refractivity contribution is 5.77. The lowest BCUT2D eigenvalue weighted by Crippen LogP contribution is -2.46. The van der Waals surface area contributed by atoms with Crippen molar-refractivity contribution in [1.82, 2.24) is 4.98 Å². The minimum atomic E-state index is -0.633. The highest BCUT2D eigenvalue weighted by Crippen LogP contribution is 2.44. The topological polar surface area (TPSA) is 122 Å². The minimum Gasteiger partial charge on any atom is -0.497 e.